The van der Waals surface area contributed by atoms with E-state index in [0.29, 0.717) is 0 Å². The van der Waals surface area contributed by atoms with E-state index in [0.717, 1.165) is 98.1 Å². The molecule has 9 heterocycles. The Morgan fingerprint density at radius 3 is 0.596 bits per heavy atom. The Kier molecular flexibility index (Phi) is 46.2. The van der Waals surface area contributed by atoms with E-state index in [1.807, 2.05) is 268 Å². The minimum Gasteiger partial charge on any atom is -0.278 e. The smallest absolute Gasteiger partial charge is 0.0650 e. The number of rotatable bonds is 1. The molecule has 554 valence electrons. The molecule has 104 heavy (non-hydrogen) atoms. The minimum atomic E-state index is -1.75. The predicted octanol–water partition coefficient (Wildman–Crippen LogP) is 23.1. The van der Waals surface area contributed by atoms with E-state index in [2.05, 4.69) is 86.7 Å². The van der Waals surface area contributed by atoms with Crippen molar-refractivity contribution < 1.29 is 57.4 Å². The van der Waals surface area contributed by atoms with Gasteiger partial charge in [0.15, 0.2) is 0 Å². The first-order valence-electron chi connectivity index (χ1n) is 29.0. The van der Waals surface area contributed by atoms with Gasteiger partial charge in [0.05, 0.1) is 111 Å². The van der Waals surface area contributed by atoms with E-state index in [1.54, 1.807) is 23.9 Å². The first-order chi connectivity index (χ1) is 49.9. The van der Waals surface area contributed by atoms with Gasteiger partial charge in [0.1, 0.15) is 0 Å². The van der Waals surface area contributed by atoms with Gasteiger partial charge in [-0.15, -0.1) is 0 Å². The second-order valence-electron chi connectivity index (χ2n) is 19.3. The molecule has 0 amide bonds. The largest absolute Gasteiger partial charge is 0.278 e. The Morgan fingerprint density at radius 1 is 0.298 bits per heavy atom. The maximum Gasteiger partial charge on any atom is 0.0650 e. The summed E-state index contributed by atoms with van der Waals surface area (Å²) in [6, 6.07) is 73.8. The van der Waals surface area contributed by atoms with Crippen molar-refractivity contribution in [1.82, 2.24) is 91.4 Å². The molecule has 9 aromatic heterocycles. The summed E-state index contributed by atoms with van der Waals surface area (Å²) in [5.74, 6) is 0. The summed E-state index contributed by atoms with van der Waals surface area (Å²) in [5, 5.41) is 75.8. The number of aromatic nitrogens is 18. The van der Waals surface area contributed by atoms with Crippen LogP contribution in [-0.2, 0) is 51.9 Å². The number of para-hydroxylation sites is 9. The summed E-state index contributed by atoms with van der Waals surface area (Å²) in [6.07, 6.45) is 16.0. The zero-order valence-corrected chi connectivity index (χ0v) is 70.0. The maximum absolute atomic E-state index is 7.52. The number of benzene rings is 9. The van der Waals surface area contributed by atoms with Gasteiger partial charge in [-0.1, -0.05) is 171 Å². The number of nitriles is 1. The van der Waals surface area contributed by atoms with Crippen molar-refractivity contribution in [3.63, 3.8) is 0 Å². The Bertz CT molecular complexity index is 4150. The molecule has 0 aliphatic carbocycles. The molecule has 0 radical (unpaired) electrons. The zero-order valence-electron chi connectivity index (χ0n) is 53.9. The van der Waals surface area contributed by atoms with Crippen LogP contribution >= 0.6 is 116 Å². The Labute approximate surface area is 666 Å². The molecular weight excluding hydrogens is 1930 g/mol. The second kappa shape index (κ2) is 53.4. The van der Waals surface area contributed by atoms with Gasteiger partial charge in [-0.3, -0.25) is 45.5 Å². The van der Waals surface area contributed by atoms with Crippen LogP contribution < -0.4 is 0 Å². The Hall–Kier alpha value is -6.41. The number of halogens is 12. The van der Waals surface area contributed by atoms with Gasteiger partial charge in [0, 0.05) is 55.4 Å². The third-order valence-electron chi connectivity index (χ3n) is 12.7. The minimum absolute atomic E-state index is 0. The molecule has 18 rings (SSSR count). The predicted molar refractivity (Wildman–Crippen MR) is 423 cm³/mol. The second-order valence-corrected chi connectivity index (χ2v) is 51.0. The maximum atomic E-state index is 7.52. The van der Waals surface area contributed by atoms with Crippen LogP contribution in [0.3, 0.4) is 0 Å². The van der Waals surface area contributed by atoms with Gasteiger partial charge in [0.25, 0.3) is 0 Å². The molecule has 0 aliphatic heterocycles. The third-order valence-corrected chi connectivity index (χ3v) is 12.7. The van der Waals surface area contributed by atoms with E-state index < -0.39 is 51.9 Å². The van der Waals surface area contributed by atoms with Crippen LogP contribution in [0.1, 0.15) is 20.0 Å². The van der Waals surface area contributed by atoms with Crippen molar-refractivity contribution in [2.45, 2.75) is 20.0 Å². The van der Waals surface area contributed by atoms with Crippen LogP contribution in [0.25, 0.3) is 104 Å². The molecular formula is C67H63Cl12N20ORu4-. The number of hydrogen-bond acceptors (Lipinski definition) is 10. The van der Waals surface area contributed by atoms with Crippen LogP contribution in [-0.4, -0.2) is 96.8 Å². The molecule has 0 bridgehead atoms. The number of nitrogens with one attached hydrogen (secondary N) is 9. The third kappa shape index (κ3) is 36.3. The number of hydrogen-bond donors (Lipinski definition) is 8. The van der Waals surface area contributed by atoms with Crippen molar-refractivity contribution in [3.8, 4) is 6.07 Å². The number of aromatic amines is 8. The number of nitrogens with zero attached hydrogens (tertiary/aromatic N) is 11. The molecule has 1 unspecified atom stereocenters. The van der Waals surface area contributed by atoms with Crippen molar-refractivity contribution in [1.29, 1.82) is 5.26 Å². The Balaban J connectivity index is 0.000000240. The van der Waals surface area contributed by atoms with Crippen molar-refractivity contribution in [2.24, 2.45) is 0 Å². The average molecular weight is 1990 g/mol. The van der Waals surface area contributed by atoms with Gasteiger partial charge < -0.3 is 11.2 Å². The summed E-state index contributed by atoms with van der Waals surface area (Å²) in [4.78, 5) is 0. The van der Waals surface area contributed by atoms with Crippen LogP contribution in [0, 0.1) is 11.3 Å². The van der Waals surface area contributed by atoms with Crippen molar-refractivity contribution in [2.75, 3.05) is 0 Å². The normalized spacial score (nSPS) is 10.4. The SMILES string of the molecule is CC#N.CC([NH-])n1ncc2ccccc21.O.[Cl][Ru]([Cl])[Cl].[Cl][Ru]([Cl])[Cl].[Cl][Ru]([Cl])[Cl].[Cl][Ru]([Cl])[Cl].c1ccc2[nH]ncc2c1.c1ccc2[nH]ncc2c1.c1ccc2[nH]ncc2c1.c1ccc2[nH]ncc2c1.c1ccc2[nH]ncc2c1.c1ccc2[nH]ncc2c1.c1ccc2[nH]ncc2c1.c1ccc2[nH]ncc2c1. The zero-order chi connectivity index (χ0) is 74.4. The van der Waals surface area contributed by atoms with Crippen LogP contribution in [0.2, 0.25) is 0 Å². The fourth-order valence-electron chi connectivity index (χ4n) is 8.36. The molecule has 0 fully saturated rings. The monoisotopic (exact) mass is 1990 g/mol. The molecule has 0 saturated heterocycles. The summed E-state index contributed by atoms with van der Waals surface area (Å²) >= 11 is -7.01. The Morgan fingerprint density at radius 2 is 0.442 bits per heavy atom. The van der Waals surface area contributed by atoms with E-state index in [9.17, 15) is 0 Å². The van der Waals surface area contributed by atoms with Gasteiger partial charge in [0.2, 0.25) is 0 Å². The topological polar surface area (TPSA) is 326 Å². The fourth-order valence-corrected chi connectivity index (χ4v) is 8.36. The van der Waals surface area contributed by atoms with E-state index >= 15 is 0 Å². The summed E-state index contributed by atoms with van der Waals surface area (Å²) in [6.45, 7) is 3.24. The van der Waals surface area contributed by atoms with Crippen LogP contribution in [0.15, 0.2) is 274 Å². The van der Waals surface area contributed by atoms with Crippen LogP contribution in [0.4, 0.5) is 0 Å². The molecule has 18 aromatic rings. The first-order valence-corrected chi connectivity index (χ1v) is 55.9. The molecule has 11 N–H and O–H groups in total. The first kappa shape index (κ1) is 90.0. The standard InChI is InChI=1S/C9H10N3.8C7H6N2.C2H3N.12ClH.H2O.4Ru/c1-7(10)12-9-5-3-2-4-8(9)6-11-12;8*1-2-4-7-6(3-1)5-8-9-7;1-2-3;;;;;;;;;;;;;;;;;/h2-7,10H,1H3;8*1-5H,(H,8,9);1H3;12*1H;1H2;;;;/q-1;;;;;;;;;;;;;;;;;;;;;;;4*+3/p-12. The molecule has 37 heteroatoms. The summed E-state index contributed by atoms with van der Waals surface area (Å²) in [7, 11) is 59.4. The average Bonchev–Trinajstić information content (AvgIpc) is 1.68. The number of H-pyrrole nitrogens is 8. The molecule has 1 atom stereocenters. The molecule has 0 aliphatic rings. The van der Waals surface area contributed by atoms with Gasteiger partial charge >= 0.3 is 168 Å². The molecule has 9 aromatic carbocycles. The van der Waals surface area contributed by atoms with Crippen molar-refractivity contribution in [3.05, 3.63) is 280 Å². The van der Waals surface area contributed by atoms with Gasteiger partial charge in [-0.25, -0.2) is 0 Å². The molecule has 0 spiro atoms. The van der Waals surface area contributed by atoms with E-state index in [-0.39, 0.29) is 11.6 Å². The summed E-state index contributed by atoms with van der Waals surface area (Å²) < 4.78 is 1.70. The summed E-state index contributed by atoms with van der Waals surface area (Å²) in [5.41, 5.74) is 17.3. The number of fused-ring (bicyclic) bond motifs is 9. The van der Waals surface area contributed by atoms with Gasteiger partial charge in [-0.05, 0) is 60.8 Å². The quantitative estimate of drug-likeness (QED) is 0.0718. The van der Waals surface area contributed by atoms with Crippen molar-refractivity contribution >= 4 is 214 Å². The van der Waals surface area contributed by atoms with Gasteiger partial charge in [-0.2, -0.15) is 51.2 Å². The van der Waals surface area contributed by atoms with E-state index in [4.69, 9.17) is 127 Å². The van der Waals surface area contributed by atoms with Crippen LogP contribution in [0.5, 0.6) is 0 Å². The van der Waals surface area contributed by atoms with E-state index in [1.165, 1.54) is 6.92 Å². The fraction of sp³-hybridized carbons (Fsp3) is 0.0448. The molecule has 0 saturated carbocycles. The molecule has 21 nitrogen and oxygen atoms in total.